The summed E-state index contributed by atoms with van der Waals surface area (Å²) in [5.74, 6) is 0.501. The molecule has 0 atom stereocenters. The number of alkyl halides is 6. The average molecular weight is 961 g/mol. The van der Waals surface area contributed by atoms with Crippen LogP contribution in [0.15, 0.2) is 94.7 Å². The van der Waals surface area contributed by atoms with Crippen LogP contribution in [0.4, 0.5) is 35.1 Å². The molecule has 0 amide bonds. The second-order valence-corrected chi connectivity index (χ2v) is 20.4. The average Bonchev–Trinajstić information content (AvgIpc) is 3.23. The Morgan fingerprint density at radius 3 is 1.30 bits per heavy atom. The predicted octanol–water partition coefficient (Wildman–Crippen LogP) is 14.6. The van der Waals surface area contributed by atoms with Crippen molar-refractivity contribution in [1.82, 2.24) is 10.6 Å². The summed E-state index contributed by atoms with van der Waals surface area (Å²) in [6.07, 6.45) is -3.83. The molecule has 0 saturated heterocycles. The van der Waals surface area contributed by atoms with Crippen LogP contribution >= 0.6 is 31.8 Å². The van der Waals surface area contributed by atoms with Crippen molar-refractivity contribution >= 4 is 31.8 Å². The van der Waals surface area contributed by atoms with E-state index in [-0.39, 0.29) is 58.6 Å². The summed E-state index contributed by atoms with van der Waals surface area (Å²) in [5.41, 5.74) is 0.100. The molecule has 0 spiro atoms. The SMILES string of the molecule is CC(C)(CCCCSc1ccc(CNCCCO[PH](=O)OCCCNCc2ccc(SCCCCC(C)(C)c3ccccc3F)c(C(F)(F)F)c2)cc1C(F)(F)F)c1ccccc1F. The van der Waals surface area contributed by atoms with Gasteiger partial charge in [0, 0.05) is 22.9 Å². The van der Waals surface area contributed by atoms with Gasteiger partial charge >= 0.3 is 20.6 Å². The number of halogens is 8. The first kappa shape index (κ1) is 53.7. The summed E-state index contributed by atoms with van der Waals surface area (Å²) >= 11 is 2.34. The van der Waals surface area contributed by atoms with Gasteiger partial charge in [-0.25, -0.2) is 8.78 Å². The van der Waals surface area contributed by atoms with Crippen LogP contribution in [0.3, 0.4) is 0 Å². The fourth-order valence-corrected chi connectivity index (χ4v) is 10.1. The van der Waals surface area contributed by atoms with E-state index in [2.05, 4.69) is 10.6 Å². The van der Waals surface area contributed by atoms with Crippen LogP contribution < -0.4 is 10.6 Å². The Morgan fingerprint density at radius 2 is 0.922 bits per heavy atom. The minimum absolute atomic E-state index is 0.118. The maximum atomic E-state index is 14.3. The zero-order valence-electron chi connectivity index (χ0n) is 37.0. The molecule has 4 aromatic carbocycles. The number of unbranched alkanes of at least 4 members (excludes halogenated alkanes) is 2. The summed E-state index contributed by atoms with van der Waals surface area (Å²) in [6.45, 7) is 9.35. The molecule has 0 unspecified atom stereocenters. The van der Waals surface area contributed by atoms with Crippen LogP contribution in [0.1, 0.15) is 112 Å². The first-order valence-corrected chi connectivity index (χ1v) is 24.8. The summed E-state index contributed by atoms with van der Waals surface area (Å²) in [7, 11) is -2.78. The van der Waals surface area contributed by atoms with Gasteiger partial charge in [0.1, 0.15) is 11.6 Å². The third-order valence-corrected chi connectivity index (χ3v) is 14.1. The van der Waals surface area contributed by atoms with Crippen LogP contribution in [0, 0.1) is 11.6 Å². The van der Waals surface area contributed by atoms with E-state index >= 15 is 0 Å². The molecule has 2 N–H and O–H groups in total. The van der Waals surface area contributed by atoms with Gasteiger partial charge in [0.2, 0.25) is 0 Å². The molecule has 0 aliphatic rings. The molecule has 5 nitrogen and oxygen atoms in total. The highest BCUT2D eigenvalue weighted by molar-refractivity contribution is 7.99. The lowest BCUT2D eigenvalue weighted by atomic mass is 9.80. The van der Waals surface area contributed by atoms with Gasteiger partial charge in [0.25, 0.3) is 0 Å². The summed E-state index contributed by atoms with van der Waals surface area (Å²) in [4.78, 5) is 0.337. The normalized spacial score (nSPS) is 12.7. The third-order valence-electron chi connectivity index (χ3n) is 10.9. The molecule has 0 aromatic heterocycles. The van der Waals surface area contributed by atoms with Gasteiger partial charge in [0.15, 0.2) is 0 Å². The predicted molar refractivity (Wildman–Crippen MR) is 244 cm³/mol. The number of nitrogens with one attached hydrogen (secondary N) is 2. The molecular formula is C48H61F8N2O3PS2. The van der Waals surface area contributed by atoms with Crippen molar-refractivity contribution < 1.29 is 48.7 Å². The number of hydrogen-bond donors (Lipinski definition) is 2. The standard InChI is InChI=1S/C48H61F8N2O3PS2/c1-45(2,37-15-5-7-17-41(37)49)23-9-11-29-63-43-21-19-35(31-39(43)47(51,52)53)33-57-25-13-27-60-62(59)61-28-14-26-58-34-36-20-22-44(40(32-36)48(54,55)56)64-30-12-10-24-46(3,4)38-16-6-8-18-42(38)50/h5-8,15-22,31-32,57-58,62H,9-14,23-30,33-34H2,1-4H3. The zero-order chi connectivity index (χ0) is 46.8. The Morgan fingerprint density at radius 1 is 0.531 bits per heavy atom. The maximum absolute atomic E-state index is 14.3. The highest BCUT2D eigenvalue weighted by Gasteiger charge is 2.35. The summed E-state index contributed by atoms with van der Waals surface area (Å²) < 4.78 is 135. The van der Waals surface area contributed by atoms with Crippen molar-refractivity contribution in [3.05, 3.63) is 130 Å². The molecule has 4 rings (SSSR count). The number of benzene rings is 4. The molecule has 16 heteroatoms. The monoisotopic (exact) mass is 960 g/mol. The molecule has 0 heterocycles. The first-order chi connectivity index (χ1) is 30.3. The molecule has 0 radical (unpaired) electrons. The second-order valence-electron chi connectivity index (χ2n) is 17.0. The molecule has 4 aromatic rings. The molecule has 0 fully saturated rings. The smallest absolute Gasteiger partial charge is 0.313 e. The van der Waals surface area contributed by atoms with E-state index in [0.29, 0.717) is 85.4 Å². The van der Waals surface area contributed by atoms with E-state index in [4.69, 9.17) is 9.05 Å². The topological polar surface area (TPSA) is 59.6 Å². The Balaban J connectivity index is 1.06. The zero-order valence-corrected chi connectivity index (χ0v) is 39.6. The fourth-order valence-electron chi connectivity index (χ4n) is 7.27. The Hall–Kier alpha value is -2.91. The van der Waals surface area contributed by atoms with Gasteiger partial charge in [0.05, 0.1) is 24.3 Å². The fraction of sp³-hybridized carbons (Fsp3) is 0.500. The third kappa shape index (κ3) is 18.1. The van der Waals surface area contributed by atoms with E-state index in [0.717, 1.165) is 25.0 Å². The van der Waals surface area contributed by atoms with Crippen molar-refractivity contribution in [2.75, 3.05) is 37.8 Å². The van der Waals surface area contributed by atoms with Crippen LogP contribution in [0.5, 0.6) is 0 Å². The lowest BCUT2D eigenvalue weighted by Gasteiger charge is -2.25. The van der Waals surface area contributed by atoms with Crippen LogP contribution in [0.25, 0.3) is 0 Å². The van der Waals surface area contributed by atoms with Crippen molar-refractivity contribution in [3.8, 4) is 0 Å². The second kappa shape index (κ2) is 25.9. The van der Waals surface area contributed by atoms with Gasteiger partial charge in [-0.15, -0.1) is 23.5 Å². The summed E-state index contributed by atoms with van der Waals surface area (Å²) in [6, 6.07) is 22.0. The minimum atomic E-state index is -4.51. The molecule has 0 aliphatic heterocycles. The van der Waals surface area contributed by atoms with E-state index in [1.807, 2.05) is 27.7 Å². The first-order valence-electron chi connectivity index (χ1n) is 21.6. The van der Waals surface area contributed by atoms with E-state index in [1.54, 1.807) is 48.5 Å². The van der Waals surface area contributed by atoms with Crippen LogP contribution in [0.2, 0.25) is 0 Å². The Kier molecular flexibility index (Phi) is 21.7. The van der Waals surface area contributed by atoms with E-state index in [1.165, 1.54) is 47.8 Å². The minimum Gasteiger partial charge on any atom is -0.313 e. The highest BCUT2D eigenvalue weighted by Crippen LogP contribution is 2.40. The maximum Gasteiger partial charge on any atom is 0.417 e. The quantitative estimate of drug-likeness (QED) is 0.0255. The summed E-state index contributed by atoms with van der Waals surface area (Å²) in [5, 5.41) is 6.18. The van der Waals surface area contributed by atoms with Gasteiger partial charge in [-0.1, -0.05) is 89.1 Å². The van der Waals surface area contributed by atoms with Gasteiger partial charge in [-0.3, -0.25) is 4.57 Å². The lowest BCUT2D eigenvalue weighted by molar-refractivity contribution is -0.140. The highest BCUT2D eigenvalue weighted by atomic mass is 32.2. The lowest BCUT2D eigenvalue weighted by Crippen LogP contribution is -2.18. The number of rotatable bonds is 28. The van der Waals surface area contributed by atoms with Crippen molar-refractivity contribution in [3.63, 3.8) is 0 Å². The van der Waals surface area contributed by atoms with Gasteiger partial charge in [-0.05, 0) is 133 Å². The molecule has 0 bridgehead atoms. The largest absolute Gasteiger partial charge is 0.417 e. The molecular weight excluding hydrogens is 900 g/mol. The number of hydrogen-bond acceptors (Lipinski definition) is 7. The van der Waals surface area contributed by atoms with Gasteiger partial charge < -0.3 is 19.7 Å². The number of thioether (sulfide) groups is 2. The molecule has 354 valence electrons. The molecule has 0 aliphatic carbocycles. The Bertz CT molecular complexity index is 1920. The molecule has 0 saturated carbocycles. The van der Waals surface area contributed by atoms with E-state index < -0.39 is 31.7 Å². The van der Waals surface area contributed by atoms with Crippen molar-refractivity contribution in [2.24, 2.45) is 0 Å². The van der Waals surface area contributed by atoms with Crippen molar-refractivity contribution in [2.45, 2.75) is 125 Å². The van der Waals surface area contributed by atoms with Crippen LogP contribution in [-0.2, 0) is 49.9 Å². The Labute approximate surface area is 382 Å². The van der Waals surface area contributed by atoms with Gasteiger partial charge in [-0.2, -0.15) is 26.3 Å². The van der Waals surface area contributed by atoms with Crippen LogP contribution in [-0.4, -0.2) is 37.8 Å². The van der Waals surface area contributed by atoms with Crippen molar-refractivity contribution in [1.29, 1.82) is 0 Å². The molecule has 64 heavy (non-hydrogen) atoms. The van der Waals surface area contributed by atoms with E-state index in [9.17, 15) is 39.7 Å².